The van der Waals surface area contributed by atoms with Crippen LogP contribution in [0.4, 0.5) is 22.0 Å². The standard InChI is InChI=1S/C29H27F5O3/c1-15(35)19-8-9-20(27(32)26(19)31)17-3-5-18(6-4-17)36-13-16-2-7-21(24(30)12-16)22-10-11-23(25-14-37-25)29(34)28(22)33/h2,7-12,15,17-18,25,35H,3-6,13-14H2,1H3. The number of aliphatic hydroxyl groups is 1. The Bertz CT molecular complexity index is 1300. The topological polar surface area (TPSA) is 42.0 Å². The minimum atomic E-state index is -1.11. The van der Waals surface area contributed by atoms with Crippen molar-refractivity contribution in [3.05, 3.63) is 93.8 Å². The number of hydrogen-bond acceptors (Lipinski definition) is 3. The van der Waals surface area contributed by atoms with Crippen molar-refractivity contribution >= 4 is 0 Å². The summed E-state index contributed by atoms with van der Waals surface area (Å²) in [5.41, 5.74) is 0.726. The highest BCUT2D eigenvalue weighted by atomic mass is 19.2. The fourth-order valence-electron chi connectivity index (χ4n) is 5.09. The second-order valence-corrected chi connectivity index (χ2v) is 9.80. The van der Waals surface area contributed by atoms with E-state index < -0.39 is 41.3 Å². The van der Waals surface area contributed by atoms with Crippen LogP contribution in [0.25, 0.3) is 11.1 Å². The highest BCUT2D eigenvalue weighted by Gasteiger charge is 2.31. The smallest absolute Gasteiger partial charge is 0.167 e. The minimum absolute atomic E-state index is 0.0419. The highest BCUT2D eigenvalue weighted by molar-refractivity contribution is 5.66. The molecular weight excluding hydrogens is 491 g/mol. The number of benzene rings is 3. The molecule has 0 amide bonds. The molecule has 0 spiro atoms. The maximum atomic E-state index is 14.8. The Morgan fingerprint density at radius 2 is 1.49 bits per heavy atom. The third-order valence-corrected chi connectivity index (χ3v) is 7.31. The van der Waals surface area contributed by atoms with E-state index >= 15 is 0 Å². The van der Waals surface area contributed by atoms with Crippen LogP contribution in [-0.2, 0) is 16.1 Å². The van der Waals surface area contributed by atoms with Crippen molar-refractivity contribution in [2.45, 2.75) is 63.4 Å². The zero-order chi connectivity index (χ0) is 26.3. The van der Waals surface area contributed by atoms with E-state index in [-0.39, 0.29) is 40.9 Å². The summed E-state index contributed by atoms with van der Waals surface area (Å²) in [5, 5.41) is 9.58. The van der Waals surface area contributed by atoms with E-state index in [1.807, 2.05) is 0 Å². The van der Waals surface area contributed by atoms with E-state index in [1.165, 1.54) is 37.3 Å². The van der Waals surface area contributed by atoms with E-state index in [0.717, 1.165) is 0 Å². The molecule has 3 aromatic rings. The van der Waals surface area contributed by atoms with Gasteiger partial charge in [0, 0.05) is 22.3 Å². The van der Waals surface area contributed by atoms with E-state index in [2.05, 4.69) is 0 Å². The maximum Gasteiger partial charge on any atom is 0.167 e. The maximum absolute atomic E-state index is 14.8. The molecule has 5 rings (SSSR count). The Kier molecular flexibility index (Phi) is 7.34. The molecule has 2 atom stereocenters. The molecule has 3 nitrogen and oxygen atoms in total. The summed E-state index contributed by atoms with van der Waals surface area (Å²) in [6.45, 7) is 1.86. The van der Waals surface area contributed by atoms with Crippen LogP contribution in [0.1, 0.15) is 73.0 Å². The van der Waals surface area contributed by atoms with Gasteiger partial charge in [-0.05, 0) is 55.7 Å². The van der Waals surface area contributed by atoms with E-state index in [4.69, 9.17) is 9.47 Å². The number of epoxide rings is 1. The highest BCUT2D eigenvalue weighted by Crippen LogP contribution is 2.38. The Labute approximate surface area is 211 Å². The van der Waals surface area contributed by atoms with Crippen LogP contribution in [0, 0.1) is 29.1 Å². The Balaban J connectivity index is 1.19. The van der Waals surface area contributed by atoms with E-state index in [1.54, 1.807) is 12.1 Å². The second kappa shape index (κ2) is 10.5. The summed E-state index contributed by atoms with van der Waals surface area (Å²) in [5.74, 6) is -4.88. The first-order valence-corrected chi connectivity index (χ1v) is 12.4. The second-order valence-electron chi connectivity index (χ2n) is 9.80. The van der Waals surface area contributed by atoms with Gasteiger partial charge < -0.3 is 14.6 Å². The van der Waals surface area contributed by atoms with E-state index in [0.29, 0.717) is 43.4 Å². The Morgan fingerprint density at radius 3 is 2.14 bits per heavy atom. The van der Waals surface area contributed by atoms with Crippen molar-refractivity contribution in [2.75, 3.05) is 6.61 Å². The summed E-state index contributed by atoms with van der Waals surface area (Å²) in [6.07, 6.45) is 0.822. The zero-order valence-electron chi connectivity index (χ0n) is 20.2. The molecule has 1 saturated carbocycles. The van der Waals surface area contributed by atoms with Gasteiger partial charge >= 0.3 is 0 Å². The molecule has 1 heterocycles. The van der Waals surface area contributed by atoms with Gasteiger partial charge in [-0.2, -0.15) is 0 Å². The minimum Gasteiger partial charge on any atom is -0.389 e. The van der Waals surface area contributed by atoms with Gasteiger partial charge in [-0.1, -0.05) is 36.4 Å². The Hall–Kier alpha value is -2.81. The van der Waals surface area contributed by atoms with Crippen LogP contribution in [0.5, 0.6) is 0 Å². The van der Waals surface area contributed by atoms with Gasteiger partial charge in [0.15, 0.2) is 23.3 Å². The van der Waals surface area contributed by atoms with Gasteiger partial charge in [0.1, 0.15) is 11.9 Å². The van der Waals surface area contributed by atoms with Gasteiger partial charge in [0.2, 0.25) is 0 Å². The lowest BCUT2D eigenvalue weighted by molar-refractivity contribution is 0.0130. The molecule has 1 N–H and O–H groups in total. The van der Waals surface area contributed by atoms with Crippen molar-refractivity contribution in [3.8, 4) is 11.1 Å². The van der Waals surface area contributed by atoms with E-state index in [9.17, 15) is 27.1 Å². The summed E-state index contributed by atoms with van der Waals surface area (Å²) < 4.78 is 83.6. The van der Waals surface area contributed by atoms with Crippen molar-refractivity contribution < 1.29 is 36.5 Å². The molecule has 196 valence electrons. The number of ether oxygens (including phenoxy) is 2. The lowest BCUT2D eigenvalue weighted by atomic mass is 9.82. The van der Waals surface area contributed by atoms with Gasteiger partial charge in [-0.25, -0.2) is 22.0 Å². The van der Waals surface area contributed by atoms with Gasteiger partial charge in [-0.3, -0.25) is 0 Å². The zero-order valence-corrected chi connectivity index (χ0v) is 20.2. The lowest BCUT2D eigenvalue weighted by Gasteiger charge is -2.29. The molecule has 0 radical (unpaired) electrons. The fraction of sp³-hybridized carbons (Fsp3) is 0.379. The molecule has 2 unspecified atom stereocenters. The van der Waals surface area contributed by atoms with Crippen LogP contribution in [0.15, 0.2) is 42.5 Å². The first-order valence-electron chi connectivity index (χ1n) is 12.4. The predicted octanol–water partition coefficient (Wildman–Crippen LogP) is 7.42. The number of halogens is 5. The molecule has 2 fully saturated rings. The molecule has 1 saturated heterocycles. The largest absolute Gasteiger partial charge is 0.389 e. The fourth-order valence-corrected chi connectivity index (χ4v) is 5.09. The third kappa shape index (κ3) is 5.28. The molecular formula is C29H27F5O3. The number of rotatable bonds is 7. The molecule has 8 heteroatoms. The van der Waals surface area contributed by atoms with Crippen LogP contribution < -0.4 is 0 Å². The SMILES string of the molecule is CC(O)c1ccc(C2CCC(OCc3ccc(-c4ccc(C5CO5)c(F)c4F)c(F)c3)CC2)c(F)c1F. The quantitative estimate of drug-likeness (QED) is 0.262. The summed E-state index contributed by atoms with van der Waals surface area (Å²) in [4.78, 5) is 0. The first kappa shape index (κ1) is 25.8. The molecule has 37 heavy (non-hydrogen) atoms. The van der Waals surface area contributed by atoms with Crippen molar-refractivity contribution in [2.24, 2.45) is 0 Å². The van der Waals surface area contributed by atoms with Crippen LogP contribution in [0.2, 0.25) is 0 Å². The summed E-state index contributed by atoms with van der Waals surface area (Å²) in [6, 6.07) is 10.0. The molecule has 0 aromatic heterocycles. The third-order valence-electron chi connectivity index (χ3n) is 7.31. The molecule has 1 aliphatic carbocycles. The average molecular weight is 519 g/mol. The summed E-state index contributed by atoms with van der Waals surface area (Å²) >= 11 is 0. The Morgan fingerprint density at radius 1 is 0.838 bits per heavy atom. The normalized spacial score (nSPS) is 22.2. The predicted molar refractivity (Wildman–Crippen MR) is 127 cm³/mol. The van der Waals surface area contributed by atoms with Crippen LogP contribution in [0.3, 0.4) is 0 Å². The average Bonchev–Trinajstić information content (AvgIpc) is 3.72. The monoisotopic (exact) mass is 518 g/mol. The molecule has 3 aromatic carbocycles. The van der Waals surface area contributed by atoms with Crippen LogP contribution >= 0.6 is 0 Å². The number of hydrogen-bond donors (Lipinski definition) is 1. The van der Waals surface area contributed by atoms with Crippen molar-refractivity contribution in [1.29, 1.82) is 0 Å². The lowest BCUT2D eigenvalue weighted by Crippen LogP contribution is -2.21. The summed E-state index contributed by atoms with van der Waals surface area (Å²) in [7, 11) is 0. The van der Waals surface area contributed by atoms with Crippen molar-refractivity contribution in [1.82, 2.24) is 0 Å². The number of aliphatic hydroxyl groups excluding tert-OH is 1. The van der Waals surface area contributed by atoms with Crippen LogP contribution in [-0.4, -0.2) is 17.8 Å². The van der Waals surface area contributed by atoms with Gasteiger partial charge in [0.25, 0.3) is 0 Å². The van der Waals surface area contributed by atoms with Gasteiger partial charge in [0.05, 0.1) is 25.4 Å². The first-order chi connectivity index (χ1) is 17.7. The molecule has 0 bridgehead atoms. The molecule has 2 aliphatic rings. The molecule has 1 aliphatic heterocycles. The van der Waals surface area contributed by atoms with Gasteiger partial charge in [-0.15, -0.1) is 0 Å². The van der Waals surface area contributed by atoms with Crippen molar-refractivity contribution in [3.63, 3.8) is 0 Å².